The largest absolute Gasteiger partial charge is 0.342 e. The molecule has 1 aliphatic rings. The van der Waals surface area contributed by atoms with Gasteiger partial charge in [0.1, 0.15) is 5.82 Å². The highest BCUT2D eigenvalue weighted by Crippen LogP contribution is 2.32. The number of carbonyl (C=O) groups is 1. The SMILES string of the molecule is O=C(CSc1nnc(-c2ccccc2Cl)n1-c1ccccc1F)N1CCCC1. The van der Waals surface area contributed by atoms with E-state index in [1.165, 1.54) is 17.8 Å². The second kappa shape index (κ2) is 8.32. The number of likely N-dealkylation sites (tertiary alicyclic amines) is 1. The van der Waals surface area contributed by atoms with Crippen molar-refractivity contribution in [2.24, 2.45) is 0 Å². The van der Waals surface area contributed by atoms with Crippen molar-refractivity contribution in [2.45, 2.75) is 18.0 Å². The van der Waals surface area contributed by atoms with Gasteiger partial charge >= 0.3 is 0 Å². The number of para-hydroxylation sites is 1. The van der Waals surface area contributed by atoms with Crippen molar-refractivity contribution in [1.29, 1.82) is 0 Å². The molecule has 0 saturated carbocycles. The molecule has 0 radical (unpaired) electrons. The molecule has 1 fully saturated rings. The molecule has 0 N–H and O–H groups in total. The number of thioether (sulfide) groups is 1. The summed E-state index contributed by atoms with van der Waals surface area (Å²) in [5.41, 5.74) is 0.969. The molecule has 4 rings (SSSR count). The van der Waals surface area contributed by atoms with Crippen molar-refractivity contribution in [1.82, 2.24) is 19.7 Å². The average Bonchev–Trinajstić information content (AvgIpc) is 3.37. The summed E-state index contributed by atoms with van der Waals surface area (Å²) in [6.45, 7) is 1.59. The Morgan fingerprint density at radius 3 is 2.54 bits per heavy atom. The highest BCUT2D eigenvalue weighted by Gasteiger charge is 2.23. The predicted molar refractivity (Wildman–Crippen MR) is 108 cm³/mol. The van der Waals surface area contributed by atoms with Crippen LogP contribution in [0.5, 0.6) is 0 Å². The quantitative estimate of drug-likeness (QED) is 0.577. The summed E-state index contributed by atoms with van der Waals surface area (Å²) in [4.78, 5) is 14.3. The lowest BCUT2D eigenvalue weighted by molar-refractivity contribution is -0.127. The van der Waals surface area contributed by atoms with Gasteiger partial charge in [0.05, 0.1) is 16.5 Å². The van der Waals surface area contributed by atoms with Crippen molar-refractivity contribution in [2.75, 3.05) is 18.8 Å². The van der Waals surface area contributed by atoms with E-state index in [0.29, 0.717) is 27.3 Å². The van der Waals surface area contributed by atoms with Crippen molar-refractivity contribution in [3.8, 4) is 17.1 Å². The van der Waals surface area contributed by atoms with Crippen LogP contribution in [0.25, 0.3) is 17.1 Å². The first kappa shape index (κ1) is 19.0. The van der Waals surface area contributed by atoms with Gasteiger partial charge in [-0.3, -0.25) is 9.36 Å². The molecule has 144 valence electrons. The van der Waals surface area contributed by atoms with Gasteiger partial charge in [0.2, 0.25) is 5.91 Å². The Morgan fingerprint density at radius 1 is 1.07 bits per heavy atom. The highest BCUT2D eigenvalue weighted by molar-refractivity contribution is 7.99. The van der Waals surface area contributed by atoms with Crippen LogP contribution in [0.15, 0.2) is 53.7 Å². The molecule has 3 aromatic rings. The van der Waals surface area contributed by atoms with E-state index >= 15 is 0 Å². The lowest BCUT2D eigenvalue weighted by Crippen LogP contribution is -2.29. The van der Waals surface area contributed by atoms with E-state index in [0.717, 1.165) is 25.9 Å². The number of nitrogens with zero attached hydrogens (tertiary/aromatic N) is 4. The number of benzene rings is 2. The lowest BCUT2D eigenvalue weighted by Gasteiger charge is -2.15. The number of halogens is 2. The van der Waals surface area contributed by atoms with Crippen LogP contribution in [0.2, 0.25) is 5.02 Å². The van der Waals surface area contributed by atoms with Gasteiger partial charge in [-0.25, -0.2) is 4.39 Å². The highest BCUT2D eigenvalue weighted by atomic mass is 35.5. The van der Waals surface area contributed by atoms with Crippen LogP contribution in [-0.2, 0) is 4.79 Å². The Balaban J connectivity index is 1.71. The maximum atomic E-state index is 14.6. The fourth-order valence-electron chi connectivity index (χ4n) is 3.21. The molecule has 0 atom stereocenters. The second-order valence-electron chi connectivity index (χ2n) is 6.45. The summed E-state index contributed by atoms with van der Waals surface area (Å²) in [6, 6.07) is 13.6. The minimum Gasteiger partial charge on any atom is -0.342 e. The van der Waals surface area contributed by atoms with Crippen molar-refractivity contribution in [3.05, 3.63) is 59.4 Å². The smallest absolute Gasteiger partial charge is 0.233 e. The third kappa shape index (κ3) is 3.77. The maximum absolute atomic E-state index is 14.6. The van der Waals surface area contributed by atoms with Crippen LogP contribution >= 0.6 is 23.4 Å². The molecule has 28 heavy (non-hydrogen) atoms. The summed E-state index contributed by atoms with van der Waals surface area (Å²) in [5.74, 6) is 0.328. The third-order valence-electron chi connectivity index (χ3n) is 4.62. The molecule has 1 aliphatic heterocycles. The molecule has 1 amide bonds. The van der Waals surface area contributed by atoms with Gasteiger partial charge in [0.25, 0.3) is 0 Å². The molecule has 8 heteroatoms. The summed E-state index contributed by atoms with van der Waals surface area (Å²) in [5, 5.41) is 9.43. The monoisotopic (exact) mass is 416 g/mol. The molecule has 1 aromatic heterocycles. The Bertz CT molecular complexity index is 1000. The molecule has 0 unspecified atom stereocenters. The van der Waals surface area contributed by atoms with Crippen molar-refractivity contribution < 1.29 is 9.18 Å². The molecular weight excluding hydrogens is 399 g/mol. The predicted octanol–water partition coefficient (Wildman–Crippen LogP) is 4.44. The van der Waals surface area contributed by atoms with Crippen LogP contribution < -0.4 is 0 Å². The zero-order chi connectivity index (χ0) is 19.5. The van der Waals surface area contributed by atoms with Crippen LogP contribution in [0.4, 0.5) is 4.39 Å². The molecule has 5 nitrogen and oxygen atoms in total. The summed E-state index contributed by atoms with van der Waals surface area (Å²) in [6.07, 6.45) is 2.08. The number of hydrogen-bond acceptors (Lipinski definition) is 4. The van der Waals surface area contributed by atoms with E-state index in [1.54, 1.807) is 28.8 Å². The molecule has 1 saturated heterocycles. The van der Waals surface area contributed by atoms with Gasteiger partial charge in [-0.1, -0.05) is 47.6 Å². The normalized spacial score (nSPS) is 13.9. The van der Waals surface area contributed by atoms with Gasteiger partial charge in [0, 0.05) is 18.7 Å². The molecule has 0 aliphatic carbocycles. The Labute approximate surface area is 171 Å². The van der Waals surface area contributed by atoms with Crippen molar-refractivity contribution >= 4 is 29.3 Å². The van der Waals surface area contributed by atoms with Crippen molar-refractivity contribution in [3.63, 3.8) is 0 Å². The van der Waals surface area contributed by atoms with Gasteiger partial charge in [-0.2, -0.15) is 0 Å². The zero-order valence-electron chi connectivity index (χ0n) is 15.0. The Morgan fingerprint density at radius 2 is 1.79 bits per heavy atom. The number of carbonyl (C=O) groups excluding carboxylic acids is 1. The molecule has 0 spiro atoms. The molecule has 2 heterocycles. The Hall–Kier alpha value is -2.38. The number of hydrogen-bond donors (Lipinski definition) is 0. The fraction of sp³-hybridized carbons (Fsp3) is 0.250. The first-order valence-corrected chi connectivity index (χ1v) is 10.4. The van der Waals surface area contributed by atoms with Crippen LogP contribution in [0.3, 0.4) is 0 Å². The average molecular weight is 417 g/mol. The van der Waals surface area contributed by atoms with Gasteiger partial charge in [-0.15, -0.1) is 10.2 Å². The number of rotatable bonds is 5. The van der Waals surface area contributed by atoms with E-state index < -0.39 is 5.82 Å². The maximum Gasteiger partial charge on any atom is 0.233 e. The van der Waals surface area contributed by atoms with E-state index in [1.807, 2.05) is 23.1 Å². The van der Waals surface area contributed by atoms with Gasteiger partial charge in [0.15, 0.2) is 11.0 Å². The fourth-order valence-corrected chi connectivity index (χ4v) is 4.28. The zero-order valence-corrected chi connectivity index (χ0v) is 16.6. The summed E-state index contributed by atoms with van der Waals surface area (Å²) < 4.78 is 16.2. The van der Waals surface area contributed by atoms with Crippen LogP contribution in [-0.4, -0.2) is 44.4 Å². The van der Waals surface area contributed by atoms with E-state index in [9.17, 15) is 9.18 Å². The van der Waals surface area contributed by atoms with Crippen LogP contribution in [0.1, 0.15) is 12.8 Å². The molecule has 0 bridgehead atoms. The molecule has 2 aromatic carbocycles. The summed E-state index contributed by atoms with van der Waals surface area (Å²) in [7, 11) is 0. The number of amides is 1. The third-order valence-corrected chi connectivity index (χ3v) is 5.87. The minimum absolute atomic E-state index is 0.0601. The van der Waals surface area contributed by atoms with Crippen LogP contribution in [0, 0.1) is 5.82 Å². The van der Waals surface area contributed by atoms with Gasteiger partial charge in [-0.05, 0) is 37.1 Å². The lowest BCUT2D eigenvalue weighted by atomic mass is 10.2. The molecular formula is C20H18ClFN4OS. The first-order valence-electron chi connectivity index (χ1n) is 9.01. The summed E-state index contributed by atoms with van der Waals surface area (Å²) >= 11 is 7.59. The Kier molecular flexibility index (Phi) is 5.64. The van der Waals surface area contributed by atoms with E-state index in [4.69, 9.17) is 11.6 Å². The van der Waals surface area contributed by atoms with E-state index in [2.05, 4.69) is 10.2 Å². The second-order valence-corrected chi connectivity index (χ2v) is 7.80. The van der Waals surface area contributed by atoms with Gasteiger partial charge < -0.3 is 4.90 Å². The standard InChI is InChI=1S/C20H18ClFN4OS/c21-15-8-2-1-7-14(15)19-23-24-20(26(19)17-10-4-3-9-16(17)22)28-13-18(27)25-11-5-6-12-25/h1-4,7-10H,5-6,11-13H2. The topological polar surface area (TPSA) is 51.0 Å². The number of aromatic nitrogens is 3. The van der Waals surface area contributed by atoms with E-state index in [-0.39, 0.29) is 11.7 Å². The first-order chi connectivity index (χ1) is 13.6. The minimum atomic E-state index is -0.400.